The molecule has 0 saturated carbocycles. The topological polar surface area (TPSA) is 43.4 Å². The summed E-state index contributed by atoms with van der Waals surface area (Å²) in [5, 5.41) is 0.372. The van der Waals surface area contributed by atoms with Gasteiger partial charge in [0.25, 0.3) is 0 Å². The van der Waals surface area contributed by atoms with Gasteiger partial charge in [-0.05, 0) is 24.6 Å². The molecule has 0 aliphatic rings. The average molecular weight is 310 g/mol. The third-order valence-corrected chi connectivity index (χ3v) is 4.61. The van der Waals surface area contributed by atoms with Gasteiger partial charge >= 0.3 is 15.6 Å². The Morgan fingerprint density at radius 2 is 2.00 bits per heavy atom. The lowest BCUT2D eigenvalue weighted by molar-refractivity contribution is -0.0499. The molecule has 0 aliphatic heterocycles. The summed E-state index contributed by atoms with van der Waals surface area (Å²) < 4.78 is 63.7. The lowest BCUT2D eigenvalue weighted by atomic mass is 10.2. The van der Waals surface area contributed by atoms with Gasteiger partial charge in [-0.25, -0.2) is 0 Å². The van der Waals surface area contributed by atoms with Crippen molar-refractivity contribution in [3.05, 3.63) is 29.1 Å². The molecule has 3 nitrogen and oxygen atoms in total. The fourth-order valence-electron chi connectivity index (χ4n) is 1.50. The molecular weight excluding hydrogens is 301 g/mol. The molecule has 1 heterocycles. The Bertz CT molecular complexity index is 702. The number of benzene rings is 1. The van der Waals surface area contributed by atoms with Gasteiger partial charge in [-0.15, -0.1) is 11.3 Å². The number of rotatable bonds is 3. The van der Waals surface area contributed by atoms with Crippen molar-refractivity contribution in [2.24, 2.45) is 0 Å². The SMILES string of the molecule is CCc1cc2c(OS(=O)(=O)C(F)(F)F)cccc2s1. The first-order valence-corrected chi connectivity index (χ1v) is 7.49. The number of hydrogen-bond donors (Lipinski definition) is 0. The third-order valence-electron chi connectivity index (χ3n) is 2.40. The molecule has 0 fully saturated rings. The highest BCUT2D eigenvalue weighted by molar-refractivity contribution is 7.88. The van der Waals surface area contributed by atoms with E-state index in [1.807, 2.05) is 6.92 Å². The van der Waals surface area contributed by atoms with Crippen molar-refractivity contribution < 1.29 is 25.8 Å². The zero-order valence-corrected chi connectivity index (χ0v) is 11.3. The number of halogens is 3. The van der Waals surface area contributed by atoms with Crippen molar-refractivity contribution in [2.75, 3.05) is 0 Å². The average Bonchev–Trinajstić information content (AvgIpc) is 2.71. The number of alkyl halides is 3. The van der Waals surface area contributed by atoms with Crippen molar-refractivity contribution in [2.45, 2.75) is 18.9 Å². The van der Waals surface area contributed by atoms with Gasteiger partial charge in [-0.1, -0.05) is 13.0 Å². The van der Waals surface area contributed by atoms with E-state index in [-0.39, 0.29) is 5.75 Å². The van der Waals surface area contributed by atoms with Crippen LogP contribution in [-0.4, -0.2) is 13.9 Å². The maximum absolute atomic E-state index is 12.3. The zero-order chi connectivity index (χ0) is 14.3. The Morgan fingerprint density at radius 1 is 1.32 bits per heavy atom. The zero-order valence-electron chi connectivity index (χ0n) is 9.69. The molecule has 104 valence electrons. The molecule has 2 aromatic rings. The maximum Gasteiger partial charge on any atom is 0.534 e. The van der Waals surface area contributed by atoms with Crippen LogP contribution in [0.3, 0.4) is 0 Å². The van der Waals surface area contributed by atoms with Crippen LogP contribution >= 0.6 is 11.3 Å². The van der Waals surface area contributed by atoms with Gasteiger partial charge in [-0.2, -0.15) is 21.6 Å². The molecule has 0 unspecified atom stereocenters. The van der Waals surface area contributed by atoms with Crippen molar-refractivity contribution in [3.8, 4) is 5.75 Å². The van der Waals surface area contributed by atoms with Crippen LogP contribution in [0.1, 0.15) is 11.8 Å². The molecule has 0 bridgehead atoms. The normalized spacial score (nSPS) is 12.8. The molecule has 0 spiro atoms. The number of aryl methyl sites for hydroxylation is 1. The van der Waals surface area contributed by atoms with E-state index in [0.29, 0.717) is 16.5 Å². The summed E-state index contributed by atoms with van der Waals surface area (Å²) in [5.41, 5.74) is -5.43. The Balaban J connectivity index is 2.49. The van der Waals surface area contributed by atoms with Crippen molar-refractivity contribution in [3.63, 3.8) is 0 Å². The van der Waals surface area contributed by atoms with Gasteiger partial charge in [0.05, 0.1) is 0 Å². The Kier molecular flexibility index (Phi) is 3.48. The van der Waals surface area contributed by atoms with E-state index in [9.17, 15) is 21.6 Å². The Hall–Kier alpha value is -1.28. The van der Waals surface area contributed by atoms with Crippen molar-refractivity contribution in [1.29, 1.82) is 0 Å². The van der Waals surface area contributed by atoms with E-state index < -0.39 is 15.6 Å². The summed E-state index contributed by atoms with van der Waals surface area (Å²) in [7, 11) is -5.64. The summed E-state index contributed by atoms with van der Waals surface area (Å²) in [4.78, 5) is 0.940. The second-order valence-corrected chi connectivity index (χ2v) is 6.42. The van der Waals surface area contributed by atoms with Gasteiger partial charge in [0.1, 0.15) is 0 Å². The lowest BCUT2D eigenvalue weighted by Crippen LogP contribution is -2.28. The summed E-state index contributed by atoms with van der Waals surface area (Å²) >= 11 is 1.39. The van der Waals surface area contributed by atoms with Crippen LogP contribution in [0.25, 0.3) is 10.1 Å². The van der Waals surface area contributed by atoms with Gasteiger partial charge in [0.15, 0.2) is 5.75 Å². The molecule has 0 amide bonds. The molecule has 2 rings (SSSR count). The lowest BCUT2D eigenvalue weighted by Gasteiger charge is -2.09. The van der Waals surface area contributed by atoms with Crippen LogP contribution in [0.5, 0.6) is 5.75 Å². The molecule has 1 aromatic heterocycles. The minimum atomic E-state index is -5.64. The second kappa shape index (κ2) is 4.68. The standard InChI is InChI=1S/C11H9F3O3S2/c1-2-7-6-8-9(4-3-5-10(8)18-7)17-19(15,16)11(12,13)14/h3-6H,2H2,1H3. The maximum atomic E-state index is 12.3. The molecular formula is C11H9F3O3S2. The summed E-state index contributed by atoms with van der Waals surface area (Å²) in [6, 6.07) is 6.00. The quantitative estimate of drug-likeness (QED) is 0.641. The molecule has 0 aliphatic carbocycles. The van der Waals surface area contributed by atoms with E-state index in [1.165, 1.54) is 23.5 Å². The molecule has 0 N–H and O–H groups in total. The van der Waals surface area contributed by atoms with Crippen LogP contribution in [0.2, 0.25) is 0 Å². The van der Waals surface area contributed by atoms with Gasteiger partial charge in [-0.3, -0.25) is 0 Å². The minimum Gasteiger partial charge on any atom is -0.375 e. The largest absolute Gasteiger partial charge is 0.534 e. The highest BCUT2D eigenvalue weighted by Crippen LogP contribution is 2.35. The summed E-state index contributed by atoms with van der Waals surface area (Å²) in [6.07, 6.45) is 0.713. The smallest absolute Gasteiger partial charge is 0.375 e. The minimum absolute atomic E-state index is 0.300. The summed E-state index contributed by atoms with van der Waals surface area (Å²) in [6.45, 7) is 1.90. The molecule has 0 saturated heterocycles. The van der Waals surface area contributed by atoms with Crippen LogP contribution in [-0.2, 0) is 16.5 Å². The molecule has 0 radical (unpaired) electrons. The van der Waals surface area contributed by atoms with Gasteiger partial charge in [0.2, 0.25) is 0 Å². The van der Waals surface area contributed by atoms with E-state index in [1.54, 1.807) is 12.1 Å². The fraction of sp³-hybridized carbons (Fsp3) is 0.273. The van der Waals surface area contributed by atoms with Crippen LogP contribution in [0, 0.1) is 0 Å². The number of hydrogen-bond acceptors (Lipinski definition) is 4. The van der Waals surface area contributed by atoms with Crippen molar-refractivity contribution in [1.82, 2.24) is 0 Å². The molecule has 8 heteroatoms. The highest BCUT2D eigenvalue weighted by atomic mass is 32.2. The third kappa shape index (κ3) is 2.69. The first-order chi connectivity index (χ1) is 8.74. The van der Waals surface area contributed by atoms with E-state index in [0.717, 1.165) is 4.88 Å². The van der Waals surface area contributed by atoms with Crippen LogP contribution < -0.4 is 4.18 Å². The van der Waals surface area contributed by atoms with Crippen molar-refractivity contribution >= 4 is 31.5 Å². The number of thiophene rings is 1. The van der Waals surface area contributed by atoms with Gasteiger partial charge in [0, 0.05) is 15.0 Å². The monoisotopic (exact) mass is 310 g/mol. The predicted octanol–water partition coefficient (Wildman–Crippen LogP) is 3.69. The van der Waals surface area contributed by atoms with Gasteiger partial charge < -0.3 is 4.18 Å². The van der Waals surface area contributed by atoms with Crippen LogP contribution in [0.4, 0.5) is 13.2 Å². The fourth-order valence-corrected chi connectivity index (χ4v) is 3.00. The molecule has 0 atom stereocenters. The van der Waals surface area contributed by atoms with Crippen LogP contribution in [0.15, 0.2) is 24.3 Å². The molecule has 1 aromatic carbocycles. The first kappa shape index (κ1) is 14.1. The molecule has 19 heavy (non-hydrogen) atoms. The predicted molar refractivity (Wildman–Crippen MR) is 66.8 cm³/mol. The Morgan fingerprint density at radius 3 is 2.58 bits per heavy atom. The van der Waals surface area contributed by atoms with E-state index in [4.69, 9.17) is 0 Å². The Labute approximate surface area is 111 Å². The highest BCUT2D eigenvalue weighted by Gasteiger charge is 2.48. The first-order valence-electron chi connectivity index (χ1n) is 5.27. The van der Waals surface area contributed by atoms with E-state index in [2.05, 4.69) is 4.18 Å². The number of fused-ring (bicyclic) bond motifs is 1. The second-order valence-electron chi connectivity index (χ2n) is 3.72. The summed E-state index contributed by atoms with van der Waals surface area (Å²) in [5.74, 6) is -0.300. The van der Waals surface area contributed by atoms with E-state index >= 15 is 0 Å².